The quantitative estimate of drug-likeness (QED) is 0.676. The van der Waals surface area contributed by atoms with Crippen LogP contribution in [0.5, 0.6) is 0 Å². The second-order valence-corrected chi connectivity index (χ2v) is 4.05. The molecule has 0 bridgehead atoms. The number of carbonyl (C=O) groups excluding carboxylic acids is 2. The number of hydrogen-bond acceptors (Lipinski definition) is 7. The number of hydrogen-bond donors (Lipinski definition) is 1. The molecule has 6 nitrogen and oxygen atoms in total. The number of thioether (sulfide) groups is 1. The molecule has 1 rings (SSSR count). The van der Waals surface area contributed by atoms with Crippen LogP contribution >= 0.6 is 11.8 Å². The Bertz CT molecular complexity index is 317. The molecule has 0 unspecified atom stereocenters. The van der Waals surface area contributed by atoms with E-state index < -0.39 is 18.0 Å². The smallest absolute Gasteiger partial charge is 0.345 e. The molecule has 1 atom stereocenters. The first-order valence-electron chi connectivity index (χ1n) is 4.51. The van der Waals surface area contributed by atoms with Gasteiger partial charge >= 0.3 is 11.9 Å². The lowest BCUT2D eigenvalue weighted by Crippen LogP contribution is -2.43. The Morgan fingerprint density at radius 1 is 1.56 bits per heavy atom. The summed E-state index contributed by atoms with van der Waals surface area (Å²) >= 11 is 1.20. The average molecular weight is 247 g/mol. The predicted molar refractivity (Wildman–Crippen MR) is 57.3 cm³/mol. The molecule has 0 saturated heterocycles. The maximum atomic E-state index is 11.3. The maximum absolute atomic E-state index is 11.3. The highest BCUT2D eigenvalue weighted by atomic mass is 32.2. The number of esters is 2. The van der Waals surface area contributed by atoms with Crippen molar-refractivity contribution in [2.45, 2.75) is 6.04 Å². The fourth-order valence-corrected chi connectivity index (χ4v) is 2.31. The predicted octanol–water partition coefficient (Wildman–Crippen LogP) is -0.459. The van der Waals surface area contributed by atoms with Crippen LogP contribution in [0, 0.1) is 0 Å². The van der Waals surface area contributed by atoms with Crippen molar-refractivity contribution >= 4 is 23.7 Å². The van der Waals surface area contributed by atoms with E-state index in [0.717, 1.165) is 0 Å². The van der Waals surface area contributed by atoms with Crippen LogP contribution in [0.3, 0.4) is 0 Å². The van der Waals surface area contributed by atoms with Crippen LogP contribution in [0.25, 0.3) is 0 Å². The minimum absolute atomic E-state index is 0.341. The Morgan fingerprint density at radius 2 is 2.25 bits per heavy atom. The van der Waals surface area contributed by atoms with Crippen LogP contribution < -0.4 is 0 Å². The molecule has 0 aliphatic carbocycles. The van der Waals surface area contributed by atoms with E-state index >= 15 is 0 Å². The van der Waals surface area contributed by atoms with Crippen molar-refractivity contribution in [3.63, 3.8) is 0 Å². The molecule has 1 heterocycles. The van der Waals surface area contributed by atoms with E-state index in [2.05, 4.69) is 9.47 Å². The van der Waals surface area contributed by atoms with Gasteiger partial charge in [0.25, 0.3) is 0 Å². The SMILES string of the molecule is COC(=O)C1=CN(CO)[C@H](C(=O)OC)CS1. The number of rotatable bonds is 3. The summed E-state index contributed by atoms with van der Waals surface area (Å²) in [6.07, 6.45) is 1.40. The Morgan fingerprint density at radius 3 is 2.75 bits per heavy atom. The van der Waals surface area contributed by atoms with E-state index in [1.165, 1.54) is 37.1 Å². The van der Waals surface area contributed by atoms with E-state index in [-0.39, 0.29) is 6.73 Å². The fraction of sp³-hybridized carbons (Fsp3) is 0.556. The first-order chi connectivity index (χ1) is 7.63. The van der Waals surface area contributed by atoms with E-state index in [1.807, 2.05) is 0 Å². The molecule has 0 aromatic carbocycles. The molecule has 1 aliphatic rings. The molecule has 0 spiro atoms. The number of ether oxygens (including phenoxy) is 2. The molecular formula is C9H13NO5S. The third-order valence-electron chi connectivity index (χ3n) is 2.10. The maximum Gasteiger partial charge on any atom is 0.345 e. The second-order valence-electron chi connectivity index (χ2n) is 2.99. The fourth-order valence-electron chi connectivity index (χ4n) is 1.23. The number of nitrogens with zero attached hydrogens (tertiary/aromatic N) is 1. The Hall–Kier alpha value is -1.21. The van der Waals surface area contributed by atoms with Gasteiger partial charge in [0.15, 0.2) is 0 Å². The molecule has 7 heteroatoms. The van der Waals surface area contributed by atoms with Gasteiger partial charge in [0.05, 0.1) is 14.2 Å². The van der Waals surface area contributed by atoms with Gasteiger partial charge in [-0.25, -0.2) is 9.59 Å². The van der Waals surface area contributed by atoms with Gasteiger partial charge in [-0.3, -0.25) is 0 Å². The van der Waals surface area contributed by atoms with Crippen molar-refractivity contribution in [3.8, 4) is 0 Å². The monoisotopic (exact) mass is 247 g/mol. The summed E-state index contributed by atoms with van der Waals surface area (Å²) < 4.78 is 9.15. The van der Waals surface area contributed by atoms with Crippen LogP contribution in [0.1, 0.15) is 0 Å². The van der Waals surface area contributed by atoms with Gasteiger partial charge < -0.3 is 19.5 Å². The first-order valence-corrected chi connectivity index (χ1v) is 5.50. The topological polar surface area (TPSA) is 76.1 Å². The van der Waals surface area contributed by atoms with Crippen molar-refractivity contribution in [1.29, 1.82) is 0 Å². The summed E-state index contributed by atoms with van der Waals surface area (Å²) in [6.45, 7) is -0.360. The molecule has 1 aliphatic heterocycles. The average Bonchev–Trinajstić information content (AvgIpc) is 2.35. The minimum atomic E-state index is -0.576. The van der Waals surface area contributed by atoms with Gasteiger partial charge in [0.1, 0.15) is 17.7 Å². The van der Waals surface area contributed by atoms with Crippen molar-refractivity contribution < 1.29 is 24.2 Å². The standard InChI is InChI=1S/C9H13NO5S/c1-14-8(12)6-4-16-7(9(13)15-2)3-10(6)5-11/h3,6,11H,4-5H2,1-2H3/t6-/m0/s1. The molecule has 0 aromatic heterocycles. The van der Waals surface area contributed by atoms with Crippen LogP contribution in [0.2, 0.25) is 0 Å². The molecule has 0 radical (unpaired) electrons. The Labute approximate surface area is 97.2 Å². The Balaban J connectivity index is 2.82. The van der Waals surface area contributed by atoms with Crippen molar-refractivity contribution in [1.82, 2.24) is 4.90 Å². The highest BCUT2D eigenvalue weighted by Gasteiger charge is 2.31. The molecule has 90 valence electrons. The second kappa shape index (κ2) is 5.76. The summed E-state index contributed by atoms with van der Waals surface area (Å²) in [4.78, 5) is 24.3. The third kappa shape index (κ3) is 2.67. The molecule has 1 N–H and O–H groups in total. The van der Waals surface area contributed by atoms with Crippen LogP contribution in [-0.2, 0) is 19.1 Å². The highest BCUT2D eigenvalue weighted by Crippen LogP contribution is 2.26. The molecule has 0 saturated carbocycles. The zero-order valence-corrected chi connectivity index (χ0v) is 9.82. The lowest BCUT2D eigenvalue weighted by molar-refractivity contribution is -0.146. The van der Waals surface area contributed by atoms with Crippen molar-refractivity contribution in [2.75, 3.05) is 26.7 Å². The molecular weight excluding hydrogens is 234 g/mol. The normalized spacial score (nSPS) is 20.1. The van der Waals surface area contributed by atoms with Crippen molar-refractivity contribution in [3.05, 3.63) is 11.1 Å². The van der Waals surface area contributed by atoms with Gasteiger partial charge in [-0.1, -0.05) is 0 Å². The third-order valence-corrected chi connectivity index (χ3v) is 3.17. The Kier molecular flexibility index (Phi) is 4.63. The lowest BCUT2D eigenvalue weighted by Gasteiger charge is -2.30. The summed E-state index contributed by atoms with van der Waals surface area (Å²) in [7, 11) is 2.56. The van der Waals surface area contributed by atoms with Gasteiger partial charge in [0.2, 0.25) is 0 Å². The zero-order valence-electron chi connectivity index (χ0n) is 9.00. The van der Waals surface area contributed by atoms with Gasteiger partial charge in [-0.2, -0.15) is 0 Å². The van der Waals surface area contributed by atoms with E-state index in [1.54, 1.807) is 0 Å². The van der Waals surface area contributed by atoms with Gasteiger partial charge in [-0.15, -0.1) is 11.8 Å². The van der Waals surface area contributed by atoms with E-state index in [9.17, 15) is 9.59 Å². The zero-order chi connectivity index (χ0) is 12.1. The summed E-state index contributed by atoms with van der Waals surface area (Å²) in [5.74, 6) is -0.581. The summed E-state index contributed by atoms with van der Waals surface area (Å²) in [6, 6.07) is -0.576. The van der Waals surface area contributed by atoms with Gasteiger partial charge in [0, 0.05) is 12.0 Å². The molecule has 0 amide bonds. The number of methoxy groups -OCH3 is 2. The number of aliphatic hydroxyl groups excluding tert-OH is 1. The molecule has 0 fully saturated rings. The van der Waals surface area contributed by atoms with Crippen LogP contribution in [0.15, 0.2) is 11.1 Å². The van der Waals surface area contributed by atoms with Crippen molar-refractivity contribution in [2.24, 2.45) is 0 Å². The number of aliphatic hydroxyl groups is 1. The van der Waals surface area contributed by atoms with Crippen LogP contribution in [0.4, 0.5) is 0 Å². The van der Waals surface area contributed by atoms with E-state index in [4.69, 9.17) is 5.11 Å². The first kappa shape index (κ1) is 12.9. The largest absolute Gasteiger partial charge is 0.467 e. The van der Waals surface area contributed by atoms with Crippen LogP contribution in [-0.4, -0.2) is 54.7 Å². The van der Waals surface area contributed by atoms with E-state index in [0.29, 0.717) is 10.7 Å². The summed E-state index contributed by atoms with van der Waals surface area (Å²) in [5, 5.41) is 9.09. The number of carbonyl (C=O) groups is 2. The van der Waals surface area contributed by atoms with Gasteiger partial charge in [-0.05, 0) is 0 Å². The highest BCUT2D eigenvalue weighted by molar-refractivity contribution is 8.04. The molecule has 16 heavy (non-hydrogen) atoms. The lowest BCUT2D eigenvalue weighted by atomic mass is 10.3. The summed E-state index contributed by atoms with van der Waals surface area (Å²) in [5.41, 5.74) is 0. The minimum Gasteiger partial charge on any atom is -0.467 e. The molecule has 0 aromatic rings.